The quantitative estimate of drug-likeness (QED) is 0.504. The van der Waals surface area contributed by atoms with Gasteiger partial charge in [-0.2, -0.15) is 0 Å². The van der Waals surface area contributed by atoms with Crippen molar-refractivity contribution in [3.63, 3.8) is 0 Å². The molecule has 2 N–H and O–H groups in total. The van der Waals surface area contributed by atoms with Crippen LogP contribution in [0.1, 0.15) is 33.0 Å². The van der Waals surface area contributed by atoms with Crippen LogP contribution in [0, 0.1) is 5.82 Å². The zero-order chi connectivity index (χ0) is 19.7. The minimum absolute atomic E-state index is 0.287. The monoisotopic (exact) mass is 375 g/mol. The fraction of sp³-hybridized carbons (Fsp3) is 0.0870. The lowest BCUT2D eigenvalue weighted by Gasteiger charge is -2.19. The first-order valence-corrected chi connectivity index (χ1v) is 8.81. The van der Waals surface area contributed by atoms with Gasteiger partial charge in [0.15, 0.2) is 0 Å². The van der Waals surface area contributed by atoms with E-state index in [-0.39, 0.29) is 11.5 Å². The molecule has 3 aromatic carbocycles. The molecule has 0 amide bonds. The topological polar surface area (TPSA) is 62.3 Å². The lowest BCUT2D eigenvalue weighted by Crippen LogP contribution is -2.07. The van der Waals surface area contributed by atoms with Crippen molar-refractivity contribution in [1.29, 1.82) is 0 Å². The molecule has 4 aromatic rings. The molecular formula is C23H18FNO3. The van der Waals surface area contributed by atoms with Crippen LogP contribution in [0.5, 0.6) is 5.75 Å². The fourth-order valence-electron chi connectivity index (χ4n) is 3.59. The van der Waals surface area contributed by atoms with Crippen molar-refractivity contribution < 1.29 is 19.0 Å². The van der Waals surface area contributed by atoms with Crippen molar-refractivity contribution in [2.45, 2.75) is 5.92 Å². The van der Waals surface area contributed by atoms with Crippen LogP contribution >= 0.6 is 0 Å². The molecule has 0 aliphatic carbocycles. The maximum Gasteiger partial charge on any atom is 0.338 e. The Labute approximate surface area is 161 Å². The molecule has 0 spiro atoms. The molecule has 0 saturated heterocycles. The molecule has 1 heterocycles. The number of carboxylic acids is 1. The van der Waals surface area contributed by atoms with Gasteiger partial charge in [0.25, 0.3) is 0 Å². The number of carbonyl (C=O) groups is 1. The van der Waals surface area contributed by atoms with Gasteiger partial charge in [0.05, 0.1) is 12.7 Å². The molecular weight excluding hydrogens is 357 g/mol. The van der Waals surface area contributed by atoms with Crippen molar-refractivity contribution in [2.24, 2.45) is 0 Å². The van der Waals surface area contributed by atoms with Gasteiger partial charge in [-0.05, 0) is 47.0 Å². The van der Waals surface area contributed by atoms with Gasteiger partial charge in [-0.1, -0.05) is 36.4 Å². The minimum atomic E-state index is -1.29. The van der Waals surface area contributed by atoms with Crippen LogP contribution in [-0.4, -0.2) is 23.2 Å². The second kappa shape index (κ2) is 7.19. The van der Waals surface area contributed by atoms with E-state index in [9.17, 15) is 14.3 Å². The fourth-order valence-corrected chi connectivity index (χ4v) is 3.59. The third kappa shape index (κ3) is 3.11. The van der Waals surface area contributed by atoms with Gasteiger partial charge in [0.1, 0.15) is 11.6 Å². The maximum atomic E-state index is 14.0. The molecule has 4 rings (SSSR count). The summed E-state index contributed by atoms with van der Waals surface area (Å²) in [6.07, 6.45) is 1.92. The van der Waals surface area contributed by atoms with Gasteiger partial charge in [0.2, 0.25) is 0 Å². The van der Waals surface area contributed by atoms with Crippen LogP contribution in [0.4, 0.5) is 4.39 Å². The van der Waals surface area contributed by atoms with E-state index in [0.29, 0.717) is 11.3 Å². The number of para-hydroxylation sites is 1. The van der Waals surface area contributed by atoms with Crippen LogP contribution in [0.25, 0.3) is 10.9 Å². The van der Waals surface area contributed by atoms with Crippen molar-refractivity contribution in [1.82, 2.24) is 4.98 Å². The maximum absolute atomic E-state index is 14.0. The molecule has 5 heteroatoms. The Morgan fingerprint density at radius 3 is 2.61 bits per heavy atom. The summed E-state index contributed by atoms with van der Waals surface area (Å²) in [5, 5.41) is 10.4. The molecule has 0 fully saturated rings. The van der Waals surface area contributed by atoms with Crippen molar-refractivity contribution in [3.05, 3.63) is 101 Å². The van der Waals surface area contributed by atoms with E-state index in [1.54, 1.807) is 13.2 Å². The standard InChI is InChI=1S/C23H18FNO3/c1-28-16-6-4-5-14(11-16)22(15-9-10-20(24)18(12-15)23(26)27)19-13-25-21-8-3-2-7-17(19)21/h2-13,22,25H,1H3,(H,26,27). The highest BCUT2D eigenvalue weighted by Gasteiger charge is 2.23. The third-order valence-corrected chi connectivity index (χ3v) is 4.91. The molecule has 0 saturated carbocycles. The molecule has 1 unspecified atom stereocenters. The van der Waals surface area contributed by atoms with E-state index < -0.39 is 11.8 Å². The van der Waals surface area contributed by atoms with E-state index in [0.717, 1.165) is 22.0 Å². The number of ether oxygens (including phenoxy) is 1. The number of methoxy groups -OCH3 is 1. The van der Waals surface area contributed by atoms with Gasteiger partial charge < -0.3 is 14.8 Å². The largest absolute Gasteiger partial charge is 0.497 e. The first-order chi connectivity index (χ1) is 13.6. The van der Waals surface area contributed by atoms with Crippen LogP contribution in [0.2, 0.25) is 0 Å². The molecule has 0 aliphatic rings. The Morgan fingerprint density at radius 2 is 1.82 bits per heavy atom. The lowest BCUT2D eigenvalue weighted by atomic mass is 9.84. The highest BCUT2D eigenvalue weighted by atomic mass is 19.1. The number of aromatic nitrogens is 1. The number of hydrogen-bond donors (Lipinski definition) is 2. The molecule has 0 bridgehead atoms. The number of aromatic amines is 1. The Kier molecular flexibility index (Phi) is 4.57. The van der Waals surface area contributed by atoms with Crippen LogP contribution in [0.15, 0.2) is 72.9 Å². The predicted molar refractivity (Wildman–Crippen MR) is 106 cm³/mol. The Balaban J connectivity index is 1.97. The highest BCUT2D eigenvalue weighted by molar-refractivity contribution is 5.89. The summed E-state index contributed by atoms with van der Waals surface area (Å²) in [4.78, 5) is 14.7. The molecule has 1 aromatic heterocycles. The second-order valence-corrected chi connectivity index (χ2v) is 6.54. The normalized spacial score (nSPS) is 12.1. The second-order valence-electron chi connectivity index (χ2n) is 6.54. The number of carboxylic acid groups (broad SMARTS) is 1. The van der Waals surface area contributed by atoms with Gasteiger partial charge in [0, 0.05) is 23.0 Å². The average Bonchev–Trinajstić information content (AvgIpc) is 3.13. The first-order valence-electron chi connectivity index (χ1n) is 8.81. The summed E-state index contributed by atoms with van der Waals surface area (Å²) in [6, 6.07) is 19.7. The minimum Gasteiger partial charge on any atom is -0.497 e. The Bertz CT molecular complexity index is 1170. The van der Waals surface area contributed by atoms with Crippen LogP contribution < -0.4 is 4.74 Å². The molecule has 1 atom stereocenters. The number of aromatic carboxylic acids is 1. The summed E-state index contributed by atoms with van der Waals surface area (Å²) < 4.78 is 19.4. The third-order valence-electron chi connectivity index (χ3n) is 4.91. The van der Waals surface area contributed by atoms with Crippen LogP contribution in [-0.2, 0) is 0 Å². The first kappa shape index (κ1) is 17.8. The zero-order valence-corrected chi connectivity index (χ0v) is 15.1. The average molecular weight is 375 g/mol. The van der Waals surface area contributed by atoms with E-state index >= 15 is 0 Å². The molecule has 0 radical (unpaired) electrons. The number of nitrogens with one attached hydrogen (secondary N) is 1. The number of benzene rings is 3. The van der Waals surface area contributed by atoms with E-state index in [2.05, 4.69) is 4.98 Å². The Hall–Kier alpha value is -3.60. The van der Waals surface area contributed by atoms with Gasteiger partial charge >= 0.3 is 5.97 Å². The van der Waals surface area contributed by atoms with Gasteiger partial charge in [-0.3, -0.25) is 0 Å². The number of hydrogen-bond acceptors (Lipinski definition) is 2. The van der Waals surface area contributed by atoms with Gasteiger partial charge in [-0.15, -0.1) is 0 Å². The summed E-state index contributed by atoms with van der Waals surface area (Å²) in [5.41, 5.74) is 3.23. The van der Waals surface area contributed by atoms with Crippen molar-refractivity contribution in [3.8, 4) is 5.75 Å². The number of halogens is 1. The number of H-pyrrole nitrogens is 1. The summed E-state index contributed by atoms with van der Waals surface area (Å²) in [5.74, 6) is -1.63. The Morgan fingerprint density at radius 1 is 1.04 bits per heavy atom. The molecule has 4 nitrogen and oxygen atoms in total. The van der Waals surface area contributed by atoms with Gasteiger partial charge in [-0.25, -0.2) is 9.18 Å². The molecule has 140 valence electrons. The summed E-state index contributed by atoms with van der Waals surface area (Å²) >= 11 is 0. The number of rotatable bonds is 5. The molecule has 28 heavy (non-hydrogen) atoms. The van der Waals surface area contributed by atoms with Crippen molar-refractivity contribution >= 4 is 16.9 Å². The van der Waals surface area contributed by atoms with Crippen molar-refractivity contribution in [2.75, 3.05) is 7.11 Å². The predicted octanol–water partition coefficient (Wildman–Crippen LogP) is 5.19. The summed E-state index contributed by atoms with van der Waals surface area (Å²) in [7, 11) is 1.60. The summed E-state index contributed by atoms with van der Waals surface area (Å²) in [6.45, 7) is 0. The SMILES string of the molecule is COc1cccc(C(c2ccc(F)c(C(=O)O)c2)c2c[nH]c3ccccc23)c1. The van der Waals surface area contributed by atoms with E-state index in [1.165, 1.54) is 12.1 Å². The van der Waals surface area contributed by atoms with E-state index in [1.807, 2.05) is 54.7 Å². The lowest BCUT2D eigenvalue weighted by molar-refractivity contribution is 0.0691. The molecule has 0 aliphatic heterocycles. The van der Waals surface area contributed by atoms with E-state index in [4.69, 9.17) is 4.74 Å². The van der Waals surface area contributed by atoms with Crippen LogP contribution in [0.3, 0.4) is 0 Å². The smallest absolute Gasteiger partial charge is 0.338 e. The number of fused-ring (bicyclic) bond motifs is 1. The zero-order valence-electron chi connectivity index (χ0n) is 15.1. The highest BCUT2D eigenvalue weighted by Crippen LogP contribution is 2.37.